The van der Waals surface area contributed by atoms with Crippen LogP contribution in [-0.2, 0) is 20.5 Å². The van der Waals surface area contributed by atoms with Crippen LogP contribution in [0.15, 0.2) is 24.3 Å². The van der Waals surface area contributed by atoms with E-state index in [1.807, 2.05) is 0 Å². The fourth-order valence-corrected chi connectivity index (χ4v) is 2.54. The number of alkyl halides is 3. The minimum Gasteiger partial charge on any atom is -0.481 e. The minimum absolute atomic E-state index is 0.0553. The zero-order valence-corrected chi connectivity index (χ0v) is 13.5. The predicted octanol–water partition coefficient (Wildman–Crippen LogP) is 2.17. The van der Waals surface area contributed by atoms with Gasteiger partial charge < -0.3 is 19.5 Å². The molecule has 1 aromatic carbocycles. The Morgan fingerprint density at radius 1 is 1.40 bits per heavy atom. The summed E-state index contributed by atoms with van der Waals surface area (Å²) in [5.74, 6) is -2.00. The van der Waals surface area contributed by atoms with Crippen LogP contribution in [0.25, 0.3) is 0 Å². The van der Waals surface area contributed by atoms with E-state index in [9.17, 15) is 22.8 Å². The maximum absolute atomic E-state index is 13.0. The average Bonchev–Trinajstić information content (AvgIpc) is 2.53. The number of carboxylic acid groups (broad SMARTS) is 1. The van der Waals surface area contributed by atoms with E-state index in [0.29, 0.717) is 0 Å². The smallest absolute Gasteiger partial charge is 0.419 e. The number of rotatable bonds is 5. The summed E-state index contributed by atoms with van der Waals surface area (Å²) in [7, 11) is 0. The highest BCUT2D eigenvalue weighted by Crippen LogP contribution is 2.36. The Morgan fingerprint density at radius 2 is 2.08 bits per heavy atom. The lowest BCUT2D eigenvalue weighted by Crippen LogP contribution is -2.50. The van der Waals surface area contributed by atoms with Crippen molar-refractivity contribution in [3.8, 4) is 5.75 Å². The van der Waals surface area contributed by atoms with Crippen LogP contribution in [0.3, 0.4) is 0 Å². The number of hydrogen-bond acceptors (Lipinski definition) is 4. The van der Waals surface area contributed by atoms with Gasteiger partial charge in [0.25, 0.3) is 5.91 Å². The molecule has 25 heavy (non-hydrogen) atoms. The molecule has 0 radical (unpaired) electrons. The van der Waals surface area contributed by atoms with Crippen LogP contribution in [0.2, 0.25) is 0 Å². The lowest BCUT2D eigenvalue weighted by molar-refractivity contribution is -0.152. The van der Waals surface area contributed by atoms with E-state index in [1.54, 1.807) is 0 Å². The molecule has 0 bridgehead atoms. The first-order valence-electron chi connectivity index (χ1n) is 7.63. The number of halogens is 3. The van der Waals surface area contributed by atoms with Crippen LogP contribution in [0.1, 0.15) is 18.9 Å². The molecule has 6 nitrogen and oxygen atoms in total. The SMILES string of the molecule is C[C@H](Oc1ccccc1C(F)(F)F)C(=O)N1CCO[C@@H](CC(=O)O)C1. The van der Waals surface area contributed by atoms with Crippen LogP contribution in [-0.4, -0.2) is 53.8 Å². The first kappa shape index (κ1) is 19.0. The highest BCUT2D eigenvalue weighted by molar-refractivity contribution is 5.81. The van der Waals surface area contributed by atoms with Crippen molar-refractivity contribution in [3.63, 3.8) is 0 Å². The normalized spacial score (nSPS) is 19.4. The van der Waals surface area contributed by atoms with Crippen molar-refractivity contribution in [3.05, 3.63) is 29.8 Å². The summed E-state index contributed by atoms with van der Waals surface area (Å²) in [5.41, 5.74) is -0.958. The molecule has 2 rings (SSSR count). The molecule has 0 spiro atoms. The van der Waals surface area contributed by atoms with E-state index in [-0.39, 0.29) is 26.1 Å². The van der Waals surface area contributed by atoms with Crippen LogP contribution in [0.4, 0.5) is 13.2 Å². The Kier molecular flexibility index (Phi) is 5.89. The van der Waals surface area contributed by atoms with Gasteiger partial charge in [0.2, 0.25) is 0 Å². The van der Waals surface area contributed by atoms with Gasteiger partial charge in [0.05, 0.1) is 24.7 Å². The number of benzene rings is 1. The second-order valence-electron chi connectivity index (χ2n) is 5.63. The van der Waals surface area contributed by atoms with Crippen LogP contribution in [0.5, 0.6) is 5.75 Å². The molecule has 138 valence electrons. The minimum atomic E-state index is -4.59. The van der Waals surface area contributed by atoms with Gasteiger partial charge >= 0.3 is 12.1 Å². The lowest BCUT2D eigenvalue weighted by atomic mass is 10.1. The summed E-state index contributed by atoms with van der Waals surface area (Å²) in [6, 6.07) is 4.66. The monoisotopic (exact) mass is 361 g/mol. The lowest BCUT2D eigenvalue weighted by Gasteiger charge is -2.34. The van der Waals surface area contributed by atoms with E-state index in [0.717, 1.165) is 12.1 Å². The topological polar surface area (TPSA) is 76.1 Å². The van der Waals surface area contributed by atoms with Gasteiger partial charge in [0, 0.05) is 13.1 Å². The molecule has 1 saturated heterocycles. The van der Waals surface area contributed by atoms with Gasteiger partial charge in [-0.05, 0) is 19.1 Å². The molecule has 1 N–H and O–H groups in total. The molecular weight excluding hydrogens is 343 g/mol. The third-order valence-electron chi connectivity index (χ3n) is 3.70. The maximum Gasteiger partial charge on any atom is 0.419 e. The second kappa shape index (κ2) is 7.73. The number of carboxylic acids is 1. The summed E-state index contributed by atoms with van der Waals surface area (Å²) in [4.78, 5) is 24.5. The van der Waals surface area contributed by atoms with Gasteiger partial charge in [-0.3, -0.25) is 9.59 Å². The number of para-hydroxylation sites is 1. The molecule has 0 unspecified atom stereocenters. The molecule has 1 heterocycles. The first-order valence-corrected chi connectivity index (χ1v) is 7.63. The molecule has 1 aromatic rings. The number of morpholine rings is 1. The van der Waals surface area contributed by atoms with Gasteiger partial charge in [0.1, 0.15) is 5.75 Å². The molecule has 9 heteroatoms. The summed E-state index contributed by atoms with van der Waals surface area (Å²) in [5, 5.41) is 8.79. The van der Waals surface area contributed by atoms with Gasteiger partial charge in [-0.15, -0.1) is 0 Å². The first-order chi connectivity index (χ1) is 11.7. The van der Waals surface area contributed by atoms with Gasteiger partial charge in [-0.25, -0.2) is 0 Å². The molecule has 0 aliphatic carbocycles. The van der Waals surface area contributed by atoms with Crippen molar-refractivity contribution in [1.82, 2.24) is 4.90 Å². The third kappa shape index (κ3) is 5.09. The van der Waals surface area contributed by atoms with Gasteiger partial charge in [0.15, 0.2) is 6.10 Å². The average molecular weight is 361 g/mol. The fourth-order valence-electron chi connectivity index (χ4n) is 2.54. The standard InChI is InChI=1S/C16H18F3NO5/c1-10(25-13-5-3-2-4-12(13)16(17,18)19)15(23)20-6-7-24-11(9-20)8-14(21)22/h2-5,10-11H,6-9H2,1H3,(H,21,22)/t10-,11-/m0/s1. The molecule has 0 aromatic heterocycles. The molecule has 1 aliphatic heterocycles. The largest absolute Gasteiger partial charge is 0.481 e. The Morgan fingerprint density at radius 3 is 2.72 bits per heavy atom. The van der Waals surface area contributed by atoms with E-state index in [4.69, 9.17) is 14.6 Å². The number of carbonyl (C=O) groups excluding carboxylic acids is 1. The van der Waals surface area contributed by atoms with E-state index < -0.39 is 41.6 Å². The van der Waals surface area contributed by atoms with Crippen molar-refractivity contribution >= 4 is 11.9 Å². The van der Waals surface area contributed by atoms with Crippen LogP contribution >= 0.6 is 0 Å². The van der Waals surface area contributed by atoms with Crippen molar-refractivity contribution in [2.45, 2.75) is 31.7 Å². The fraction of sp³-hybridized carbons (Fsp3) is 0.500. The highest BCUT2D eigenvalue weighted by atomic mass is 19.4. The van der Waals surface area contributed by atoms with E-state index in [1.165, 1.54) is 24.0 Å². The molecule has 0 saturated carbocycles. The summed E-state index contributed by atoms with van der Waals surface area (Å²) in [6.07, 6.45) is -6.64. The van der Waals surface area contributed by atoms with Crippen LogP contribution < -0.4 is 4.74 Å². The Hall–Kier alpha value is -2.29. The summed E-state index contributed by atoms with van der Waals surface area (Å²) in [6.45, 7) is 1.80. The quantitative estimate of drug-likeness (QED) is 0.870. The van der Waals surface area contributed by atoms with Crippen LogP contribution in [0, 0.1) is 0 Å². The predicted molar refractivity (Wildman–Crippen MR) is 80.1 cm³/mol. The number of carbonyl (C=O) groups is 2. The zero-order valence-electron chi connectivity index (χ0n) is 13.5. The number of hydrogen-bond donors (Lipinski definition) is 1. The molecule has 1 amide bonds. The second-order valence-corrected chi connectivity index (χ2v) is 5.63. The summed E-state index contributed by atoms with van der Waals surface area (Å²) >= 11 is 0. The van der Waals surface area contributed by atoms with Crippen molar-refractivity contribution in [1.29, 1.82) is 0 Å². The Bertz CT molecular complexity index is 634. The molecule has 1 fully saturated rings. The van der Waals surface area contributed by atoms with Crippen molar-refractivity contribution in [2.75, 3.05) is 19.7 Å². The number of ether oxygens (including phenoxy) is 2. The number of nitrogens with zero attached hydrogens (tertiary/aromatic N) is 1. The third-order valence-corrected chi connectivity index (χ3v) is 3.70. The van der Waals surface area contributed by atoms with E-state index >= 15 is 0 Å². The number of aliphatic carboxylic acids is 1. The number of amides is 1. The molecular formula is C16H18F3NO5. The van der Waals surface area contributed by atoms with Gasteiger partial charge in [-0.1, -0.05) is 12.1 Å². The molecule has 2 atom stereocenters. The van der Waals surface area contributed by atoms with Gasteiger partial charge in [-0.2, -0.15) is 13.2 Å². The zero-order chi connectivity index (χ0) is 18.6. The Labute approximate surface area is 142 Å². The Balaban J connectivity index is 2.05. The van der Waals surface area contributed by atoms with Crippen molar-refractivity contribution in [2.24, 2.45) is 0 Å². The van der Waals surface area contributed by atoms with Crippen molar-refractivity contribution < 1.29 is 37.3 Å². The van der Waals surface area contributed by atoms with E-state index in [2.05, 4.69) is 0 Å². The summed E-state index contributed by atoms with van der Waals surface area (Å²) < 4.78 is 49.4. The maximum atomic E-state index is 13.0. The molecule has 1 aliphatic rings. The highest BCUT2D eigenvalue weighted by Gasteiger charge is 2.35.